The summed E-state index contributed by atoms with van der Waals surface area (Å²) in [5, 5.41) is 4.84. The van der Waals surface area contributed by atoms with Crippen LogP contribution in [-0.4, -0.2) is 34.6 Å². The van der Waals surface area contributed by atoms with Gasteiger partial charge in [-0.15, -0.1) is 12.4 Å². The van der Waals surface area contributed by atoms with E-state index >= 15 is 0 Å². The minimum absolute atomic E-state index is 0. The van der Waals surface area contributed by atoms with Gasteiger partial charge in [0, 0.05) is 22.8 Å². The summed E-state index contributed by atoms with van der Waals surface area (Å²) in [6, 6.07) is 9.28. The zero-order valence-corrected chi connectivity index (χ0v) is 18.1. The van der Waals surface area contributed by atoms with Crippen molar-refractivity contribution in [1.29, 1.82) is 0 Å². The molecule has 0 saturated carbocycles. The zero-order valence-electron chi connectivity index (χ0n) is 17.3. The number of aryl methyl sites for hydroxylation is 1. The number of halogens is 1. The molecule has 0 aliphatic carbocycles. The molecule has 1 atom stereocenters. The van der Waals surface area contributed by atoms with Crippen LogP contribution >= 0.6 is 12.4 Å². The Hall–Kier alpha value is -2.60. The normalized spacial score (nSPS) is 12.0. The van der Waals surface area contributed by atoms with E-state index < -0.39 is 12.0 Å². The largest absolute Gasteiger partial charge is 0.467 e. The van der Waals surface area contributed by atoms with Gasteiger partial charge in [-0.1, -0.05) is 45.4 Å². The maximum Gasteiger partial charge on any atom is 0.328 e. The summed E-state index contributed by atoms with van der Waals surface area (Å²) < 4.78 is 7.06. The van der Waals surface area contributed by atoms with E-state index in [0.29, 0.717) is 5.69 Å². The number of amides is 1. The maximum absolute atomic E-state index is 12.8. The van der Waals surface area contributed by atoms with Crippen LogP contribution in [-0.2, 0) is 16.1 Å². The first-order valence-corrected chi connectivity index (χ1v) is 9.73. The molecule has 0 fully saturated rings. The molecule has 1 N–H and O–H groups in total. The van der Waals surface area contributed by atoms with Gasteiger partial charge in [0.05, 0.1) is 18.8 Å². The molecule has 7 heteroatoms. The lowest BCUT2D eigenvalue weighted by atomic mass is 10.0. The van der Waals surface area contributed by atoms with Gasteiger partial charge in [-0.05, 0) is 24.5 Å². The number of pyridine rings is 1. The van der Waals surface area contributed by atoms with Crippen LogP contribution < -0.4 is 5.32 Å². The predicted molar refractivity (Wildman–Crippen MR) is 118 cm³/mol. The molecule has 0 radical (unpaired) electrons. The number of esters is 1. The van der Waals surface area contributed by atoms with Gasteiger partial charge in [-0.3, -0.25) is 4.79 Å². The molecule has 156 valence electrons. The van der Waals surface area contributed by atoms with Crippen LogP contribution in [0.1, 0.15) is 44.1 Å². The Morgan fingerprint density at radius 2 is 1.90 bits per heavy atom. The van der Waals surface area contributed by atoms with Gasteiger partial charge in [0.15, 0.2) is 0 Å². The molecule has 6 nitrogen and oxygen atoms in total. The van der Waals surface area contributed by atoms with Gasteiger partial charge >= 0.3 is 5.97 Å². The summed E-state index contributed by atoms with van der Waals surface area (Å²) in [5.74, 6) is -0.923. The Morgan fingerprint density at radius 3 is 2.55 bits per heavy atom. The first kappa shape index (κ1) is 22.7. The second kappa shape index (κ2) is 9.74. The van der Waals surface area contributed by atoms with E-state index in [2.05, 4.69) is 33.9 Å². The summed E-state index contributed by atoms with van der Waals surface area (Å²) in [4.78, 5) is 29.1. The van der Waals surface area contributed by atoms with E-state index in [-0.39, 0.29) is 24.2 Å². The van der Waals surface area contributed by atoms with Gasteiger partial charge < -0.3 is 14.6 Å². The highest BCUT2D eigenvalue weighted by molar-refractivity contribution is 6.10. The maximum atomic E-state index is 12.8. The van der Waals surface area contributed by atoms with Crippen molar-refractivity contribution in [3.63, 3.8) is 0 Å². The van der Waals surface area contributed by atoms with E-state index in [0.717, 1.165) is 41.2 Å². The number of para-hydroxylation sites is 1. The molecule has 1 aromatic carbocycles. The Balaban J connectivity index is 0.00000300. The predicted octanol–water partition coefficient (Wildman–Crippen LogP) is 4.34. The van der Waals surface area contributed by atoms with E-state index in [4.69, 9.17) is 4.74 Å². The van der Waals surface area contributed by atoms with Crippen molar-refractivity contribution in [3.8, 4) is 0 Å². The van der Waals surface area contributed by atoms with Crippen LogP contribution in [0.3, 0.4) is 0 Å². The molecule has 0 spiro atoms. The molecule has 0 bridgehead atoms. The van der Waals surface area contributed by atoms with Gasteiger partial charge in [0.1, 0.15) is 11.7 Å². The fourth-order valence-corrected chi connectivity index (χ4v) is 3.47. The molecule has 0 saturated heterocycles. The molecule has 2 heterocycles. The van der Waals surface area contributed by atoms with Gasteiger partial charge in [0.2, 0.25) is 0 Å². The van der Waals surface area contributed by atoms with Crippen molar-refractivity contribution < 1.29 is 14.3 Å². The number of benzene rings is 1. The lowest BCUT2D eigenvalue weighted by molar-refractivity contribution is -0.144. The van der Waals surface area contributed by atoms with Crippen LogP contribution in [0, 0.1) is 5.92 Å². The lowest BCUT2D eigenvalue weighted by Crippen LogP contribution is -2.45. The fraction of sp³-hybridized carbons (Fsp3) is 0.409. The minimum Gasteiger partial charge on any atom is -0.467 e. The van der Waals surface area contributed by atoms with E-state index in [9.17, 15) is 9.59 Å². The average Bonchev–Trinajstić information content (AvgIpc) is 3.02. The Labute approximate surface area is 177 Å². The fourth-order valence-electron chi connectivity index (χ4n) is 3.47. The molecule has 3 aromatic rings. The SMILES string of the molecule is CCCCn1c2ccccc2c2cc(C(=O)N[C@H](C(=O)OC)C(C)C)ncc21.Cl. The van der Waals surface area contributed by atoms with Gasteiger partial charge in [-0.2, -0.15) is 0 Å². The Morgan fingerprint density at radius 1 is 1.17 bits per heavy atom. The van der Waals surface area contributed by atoms with Crippen molar-refractivity contribution in [2.75, 3.05) is 7.11 Å². The van der Waals surface area contributed by atoms with E-state index in [1.54, 1.807) is 6.20 Å². The number of nitrogens with one attached hydrogen (secondary N) is 1. The second-order valence-electron chi connectivity index (χ2n) is 7.33. The van der Waals surface area contributed by atoms with Crippen molar-refractivity contribution in [3.05, 3.63) is 42.2 Å². The lowest BCUT2D eigenvalue weighted by Gasteiger charge is -2.19. The number of hydrogen-bond acceptors (Lipinski definition) is 4. The first-order valence-electron chi connectivity index (χ1n) is 9.73. The summed E-state index contributed by atoms with van der Waals surface area (Å²) >= 11 is 0. The number of unbranched alkanes of at least 4 members (excludes halogenated alkanes) is 1. The Kier molecular flexibility index (Phi) is 7.62. The third-order valence-electron chi connectivity index (χ3n) is 5.04. The van der Waals surface area contributed by atoms with Crippen molar-refractivity contribution in [1.82, 2.24) is 14.9 Å². The third kappa shape index (κ3) is 4.53. The molecule has 29 heavy (non-hydrogen) atoms. The smallest absolute Gasteiger partial charge is 0.328 e. The van der Waals surface area contributed by atoms with Crippen molar-refractivity contribution in [2.45, 2.75) is 46.2 Å². The van der Waals surface area contributed by atoms with Crippen LogP contribution in [0.5, 0.6) is 0 Å². The monoisotopic (exact) mass is 417 g/mol. The van der Waals surface area contributed by atoms with Crippen LogP contribution in [0.2, 0.25) is 0 Å². The molecule has 2 aromatic heterocycles. The molecule has 0 unspecified atom stereocenters. The van der Waals surface area contributed by atoms with Crippen molar-refractivity contribution >= 4 is 46.1 Å². The van der Waals surface area contributed by atoms with Gasteiger partial charge in [0.25, 0.3) is 5.91 Å². The first-order chi connectivity index (χ1) is 13.5. The third-order valence-corrected chi connectivity index (χ3v) is 5.04. The standard InChI is InChI=1S/C22H27N3O3.ClH/c1-5-6-11-25-18-10-8-7-9-15(18)16-12-17(23-13-19(16)25)21(26)24-20(14(2)3)22(27)28-4;/h7-10,12-14,20H,5-6,11H2,1-4H3,(H,24,26);1H/t20-;/m0./s1. The second-order valence-corrected chi connectivity index (χ2v) is 7.33. The highest BCUT2D eigenvalue weighted by Gasteiger charge is 2.26. The average molecular weight is 418 g/mol. The summed E-state index contributed by atoms with van der Waals surface area (Å²) in [6.45, 7) is 6.80. The number of nitrogens with zero attached hydrogens (tertiary/aromatic N) is 2. The summed E-state index contributed by atoms with van der Waals surface area (Å²) in [6.07, 6.45) is 3.93. The quantitative estimate of drug-likeness (QED) is 0.580. The van der Waals surface area contributed by atoms with Crippen LogP contribution in [0.4, 0.5) is 0 Å². The number of aromatic nitrogens is 2. The zero-order chi connectivity index (χ0) is 20.3. The summed E-state index contributed by atoms with van der Waals surface area (Å²) in [5.41, 5.74) is 2.44. The molecule has 3 rings (SSSR count). The highest BCUT2D eigenvalue weighted by atomic mass is 35.5. The number of fused-ring (bicyclic) bond motifs is 3. The molecular weight excluding hydrogens is 390 g/mol. The molecule has 0 aliphatic rings. The van der Waals surface area contributed by atoms with E-state index in [1.165, 1.54) is 7.11 Å². The molecule has 1 amide bonds. The number of carbonyl (C=O) groups excluding carboxylic acids is 2. The molecular formula is C22H28ClN3O3. The Bertz CT molecular complexity index is 1010. The number of hydrogen-bond donors (Lipinski definition) is 1. The number of methoxy groups -OCH3 is 1. The highest BCUT2D eigenvalue weighted by Crippen LogP contribution is 2.29. The number of carbonyl (C=O) groups is 2. The number of ether oxygens (including phenoxy) is 1. The topological polar surface area (TPSA) is 73.2 Å². The molecule has 0 aliphatic heterocycles. The van der Waals surface area contributed by atoms with Crippen LogP contribution in [0.15, 0.2) is 36.5 Å². The van der Waals surface area contributed by atoms with Crippen molar-refractivity contribution in [2.24, 2.45) is 5.92 Å². The van der Waals surface area contributed by atoms with Gasteiger partial charge in [-0.25, -0.2) is 9.78 Å². The number of rotatable bonds is 7. The minimum atomic E-state index is -0.708. The summed E-state index contributed by atoms with van der Waals surface area (Å²) in [7, 11) is 1.32. The van der Waals surface area contributed by atoms with Crippen LogP contribution in [0.25, 0.3) is 21.8 Å². The van der Waals surface area contributed by atoms with E-state index in [1.807, 2.05) is 32.0 Å².